The van der Waals surface area contributed by atoms with Crippen molar-refractivity contribution in [2.75, 3.05) is 0 Å². The molecule has 0 aromatic carbocycles. The van der Waals surface area contributed by atoms with E-state index < -0.39 is 0 Å². The van der Waals surface area contributed by atoms with Gasteiger partial charge in [-0.05, 0) is 11.1 Å². The van der Waals surface area contributed by atoms with Crippen LogP contribution in [0.25, 0.3) is 0 Å². The second-order valence-electron chi connectivity index (χ2n) is 2.30. The lowest BCUT2D eigenvalue weighted by molar-refractivity contribution is -0.767. The van der Waals surface area contributed by atoms with E-state index in [9.17, 15) is 0 Å². The molecule has 4 heteroatoms. The van der Waals surface area contributed by atoms with Crippen LogP contribution in [-0.2, 0) is 6.54 Å². The van der Waals surface area contributed by atoms with Crippen molar-refractivity contribution in [2.24, 2.45) is 0 Å². The summed E-state index contributed by atoms with van der Waals surface area (Å²) in [5, 5.41) is -0.146. The van der Waals surface area contributed by atoms with Crippen molar-refractivity contribution < 1.29 is 4.68 Å². The summed E-state index contributed by atoms with van der Waals surface area (Å²) >= 11 is 5.11. The highest BCUT2D eigenvalue weighted by molar-refractivity contribution is 7.80. The number of aromatic nitrogens is 3. The Morgan fingerprint density at radius 3 is 3.00 bits per heavy atom. The summed E-state index contributed by atoms with van der Waals surface area (Å²) in [6.07, 6.45) is 6.88. The van der Waals surface area contributed by atoms with Gasteiger partial charge in [-0.25, -0.2) is 0 Å². The van der Waals surface area contributed by atoms with Gasteiger partial charge in [0.15, 0.2) is 0 Å². The number of hydrogen-bond donors (Lipinski definition) is 0. The summed E-state index contributed by atoms with van der Waals surface area (Å²) < 4.78 is 3.70. The molecule has 63 valence electrons. The fourth-order valence-corrected chi connectivity index (χ4v) is 1.07. The molecule has 1 radical (unpaired) electrons. The minimum atomic E-state index is -0.146. The van der Waals surface area contributed by atoms with Crippen LogP contribution in [0.4, 0.5) is 0 Å². The SMILES string of the molecule is C=CC[n+]1cncn1C([S])C=C. The highest BCUT2D eigenvalue weighted by Crippen LogP contribution is 2.07. The van der Waals surface area contributed by atoms with E-state index in [-0.39, 0.29) is 5.37 Å². The second-order valence-corrected chi connectivity index (χ2v) is 2.78. The molecule has 1 rings (SSSR count). The first-order valence-electron chi connectivity index (χ1n) is 3.60. The molecule has 12 heavy (non-hydrogen) atoms. The molecule has 1 aromatic rings. The standard InChI is InChI=1S/C8H11N3S/c1-3-5-10-6-9-7-11(10)8(12)4-2/h3-4,6-8H,1-2,5H2/q+1. The minimum Gasteiger partial charge on any atom is -0.163 e. The number of allylic oxidation sites excluding steroid dienone is 1. The van der Waals surface area contributed by atoms with Crippen LogP contribution in [0.3, 0.4) is 0 Å². The van der Waals surface area contributed by atoms with Gasteiger partial charge in [-0.15, -0.1) is 6.58 Å². The molecule has 0 amide bonds. The lowest BCUT2D eigenvalue weighted by Crippen LogP contribution is -2.42. The highest BCUT2D eigenvalue weighted by Gasteiger charge is 2.10. The molecule has 1 atom stereocenters. The first-order chi connectivity index (χ1) is 5.79. The molecule has 0 aliphatic heterocycles. The smallest absolute Gasteiger partial charge is 0.163 e. The Morgan fingerprint density at radius 2 is 2.42 bits per heavy atom. The van der Waals surface area contributed by atoms with E-state index >= 15 is 0 Å². The Bertz CT molecular complexity index is 280. The number of nitrogens with zero attached hydrogens (tertiary/aromatic N) is 3. The third-order valence-electron chi connectivity index (χ3n) is 1.46. The van der Waals surface area contributed by atoms with Crippen LogP contribution < -0.4 is 4.68 Å². The maximum absolute atomic E-state index is 5.11. The van der Waals surface area contributed by atoms with E-state index in [1.165, 1.54) is 0 Å². The fraction of sp³-hybridized carbons (Fsp3) is 0.250. The maximum atomic E-state index is 5.11. The van der Waals surface area contributed by atoms with Gasteiger partial charge in [0, 0.05) is 0 Å². The molecule has 1 aromatic heterocycles. The van der Waals surface area contributed by atoms with Gasteiger partial charge >= 0.3 is 6.33 Å². The molecular formula is C8H11N3S+. The van der Waals surface area contributed by atoms with Crippen LogP contribution in [0.1, 0.15) is 5.37 Å². The second kappa shape index (κ2) is 4.11. The molecule has 0 saturated heterocycles. The van der Waals surface area contributed by atoms with Crippen LogP contribution >= 0.6 is 12.6 Å². The van der Waals surface area contributed by atoms with Crippen LogP contribution in [0.2, 0.25) is 0 Å². The third kappa shape index (κ3) is 1.76. The molecule has 1 heterocycles. The molecule has 0 aliphatic carbocycles. The van der Waals surface area contributed by atoms with Gasteiger partial charge in [0.05, 0.1) is 0 Å². The lowest BCUT2D eigenvalue weighted by Gasteiger charge is -2.04. The van der Waals surface area contributed by atoms with Crippen LogP contribution in [0.15, 0.2) is 38.0 Å². The minimum absolute atomic E-state index is 0.146. The van der Waals surface area contributed by atoms with Gasteiger partial charge in [0.1, 0.15) is 11.9 Å². The Kier molecular flexibility index (Phi) is 3.10. The first kappa shape index (κ1) is 9.06. The molecule has 0 spiro atoms. The normalized spacial score (nSPS) is 12.4. The fourth-order valence-electron chi connectivity index (χ4n) is 0.895. The van der Waals surface area contributed by atoms with Gasteiger partial charge in [0.25, 0.3) is 0 Å². The predicted octanol–water partition coefficient (Wildman–Crippen LogP) is 1.24. The van der Waals surface area contributed by atoms with Crippen molar-refractivity contribution in [3.8, 4) is 0 Å². The number of hydrogen-bond acceptors (Lipinski definition) is 1. The van der Waals surface area contributed by atoms with E-state index in [2.05, 4.69) is 18.1 Å². The highest BCUT2D eigenvalue weighted by atomic mass is 32.1. The van der Waals surface area contributed by atoms with Crippen molar-refractivity contribution >= 4 is 12.6 Å². The summed E-state index contributed by atoms with van der Waals surface area (Å²) in [7, 11) is 0. The van der Waals surface area contributed by atoms with Crippen molar-refractivity contribution in [3.63, 3.8) is 0 Å². The quantitative estimate of drug-likeness (QED) is 0.506. The van der Waals surface area contributed by atoms with E-state index in [1.807, 2.05) is 9.36 Å². The monoisotopic (exact) mass is 181 g/mol. The van der Waals surface area contributed by atoms with Gasteiger partial charge in [-0.3, -0.25) is 0 Å². The van der Waals surface area contributed by atoms with E-state index in [0.29, 0.717) is 6.54 Å². The zero-order chi connectivity index (χ0) is 8.97. The number of rotatable bonds is 4. The molecule has 0 fully saturated rings. The van der Waals surface area contributed by atoms with Crippen LogP contribution in [0, 0.1) is 0 Å². The Morgan fingerprint density at radius 1 is 1.67 bits per heavy atom. The van der Waals surface area contributed by atoms with Crippen molar-refractivity contribution in [3.05, 3.63) is 38.0 Å². The lowest BCUT2D eigenvalue weighted by atomic mass is 10.6. The maximum Gasteiger partial charge on any atom is 0.307 e. The Hall–Kier alpha value is -1.03. The summed E-state index contributed by atoms with van der Waals surface area (Å²) in [4.78, 5) is 3.97. The Balaban J connectivity index is 2.89. The summed E-state index contributed by atoms with van der Waals surface area (Å²) in [6, 6.07) is 0. The first-order valence-corrected chi connectivity index (χ1v) is 4.07. The molecule has 0 N–H and O–H groups in total. The third-order valence-corrected chi connectivity index (χ3v) is 1.87. The Labute approximate surface area is 77.4 Å². The zero-order valence-corrected chi connectivity index (χ0v) is 7.57. The van der Waals surface area contributed by atoms with Gasteiger partial charge in [0.2, 0.25) is 6.33 Å². The summed E-state index contributed by atoms with van der Waals surface area (Å²) in [6.45, 7) is 7.98. The topological polar surface area (TPSA) is 21.7 Å². The summed E-state index contributed by atoms with van der Waals surface area (Å²) in [5.41, 5.74) is 0. The van der Waals surface area contributed by atoms with Gasteiger partial charge < -0.3 is 0 Å². The van der Waals surface area contributed by atoms with Gasteiger partial charge in [-0.1, -0.05) is 25.3 Å². The molecule has 3 nitrogen and oxygen atoms in total. The van der Waals surface area contributed by atoms with Crippen molar-refractivity contribution in [2.45, 2.75) is 11.9 Å². The molecule has 0 bridgehead atoms. The van der Waals surface area contributed by atoms with E-state index in [0.717, 1.165) is 0 Å². The molecule has 0 aliphatic rings. The average Bonchev–Trinajstić information content (AvgIpc) is 2.52. The molecular weight excluding hydrogens is 170 g/mol. The van der Waals surface area contributed by atoms with Crippen molar-refractivity contribution in [1.29, 1.82) is 0 Å². The van der Waals surface area contributed by atoms with E-state index in [1.54, 1.807) is 24.8 Å². The molecule has 0 saturated carbocycles. The van der Waals surface area contributed by atoms with Gasteiger partial charge in [-0.2, -0.15) is 9.36 Å². The zero-order valence-electron chi connectivity index (χ0n) is 6.76. The predicted molar refractivity (Wildman–Crippen MR) is 49.4 cm³/mol. The summed E-state index contributed by atoms with van der Waals surface area (Å²) in [5.74, 6) is 0. The van der Waals surface area contributed by atoms with Crippen LogP contribution in [0.5, 0.6) is 0 Å². The largest absolute Gasteiger partial charge is 0.307 e. The van der Waals surface area contributed by atoms with Crippen molar-refractivity contribution in [1.82, 2.24) is 9.67 Å². The van der Waals surface area contributed by atoms with E-state index in [4.69, 9.17) is 12.6 Å². The van der Waals surface area contributed by atoms with Crippen LogP contribution in [-0.4, -0.2) is 9.67 Å². The average molecular weight is 181 g/mol. The molecule has 1 unspecified atom stereocenters.